The molecule has 1 aliphatic heterocycles. The first kappa shape index (κ1) is 48.0. The summed E-state index contributed by atoms with van der Waals surface area (Å²) in [7, 11) is 0.787. The van der Waals surface area contributed by atoms with Crippen LogP contribution in [0.5, 0.6) is 0 Å². The first-order valence-corrected chi connectivity index (χ1v) is 27.6. The van der Waals surface area contributed by atoms with E-state index in [-0.39, 0.29) is 32.5 Å². The molecule has 0 amide bonds. The highest BCUT2D eigenvalue weighted by atomic mass is 16.3. The molecule has 8 aromatic rings. The zero-order chi connectivity index (χ0) is 51.5. The maximum atomic E-state index is 6.77. The van der Waals surface area contributed by atoms with Crippen molar-refractivity contribution in [2.75, 3.05) is 10.2 Å². The van der Waals surface area contributed by atoms with Crippen molar-refractivity contribution in [1.29, 1.82) is 0 Å². The molecule has 1 N–H and O–H groups in total. The van der Waals surface area contributed by atoms with Crippen LogP contribution in [0.3, 0.4) is 0 Å². The van der Waals surface area contributed by atoms with Crippen LogP contribution in [0.4, 0.5) is 28.4 Å². The minimum absolute atomic E-state index is 0.0112. The summed E-state index contributed by atoms with van der Waals surface area (Å²) in [5, 5.41) is 6.57. The Bertz CT molecular complexity index is 3610. The Morgan fingerprint density at radius 1 is 0.438 bits per heavy atom. The van der Waals surface area contributed by atoms with E-state index in [1.54, 1.807) is 0 Å². The van der Waals surface area contributed by atoms with Crippen LogP contribution in [0.1, 0.15) is 172 Å². The smallest absolute Gasteiger partial charge is 0.198 e. The van der Waals surface area contributed by atoms with Crippen LogP contribution in [0.2, 0.25) is 0 Å². The van der Waals surface area contributed by atoms with Gasteiger partial charge in [-0.2, -0.15) is 0 Å². The molecule has 0 spiro atoms. The van der Waals surface area contributed by atoms with Gasteiger partial charge in [-0.1, -0.05) is 143 Å². The molecule has 4 aliphatic rings. The first-order chi connectivity index (χ1) is 34.3. The molecule has 4 heteroatoms. The molecule has 0 atom stereocenters. The zero-order valence-corrected chi connectivity index (χ0v) is 46.7. The van der Waals surface area contributed by atoms with Crippen LogP contribution in [0.15, 0.2) is 114 Å². The van der Waals surface area contributed by atoms with Gasteiger partial charge in [0.25, 0.3) is 0 Å². The number of hydrogen-bond acceptors (Lipinski definition) is 3. The summed E-state index contributed by atoms with van der Waals surface area (Å²) in [6.07, 6.45) is 7.02. The van der Waals surface area contributed by atoms with Gasteiger partial charge in [0.05, 0.1) is 0 Å². The van der Waals surface area contributed by atoms with Crippen molar-refractivity contribution in [2.45, 2.75) is 175 Å². The fourth-order valence-electron chi connectivity index (χ4n) is 14.1. The number of benzene rings is 7. The lowest BCUT2D eigenvalue weighted by atomic mass is 9.57. The fraction of sp³-hybridized carbons (Fsp3) is 0.391. The predicted molar refractivity (Wildman–Crippen MR) is 315 cm³/mol. The van der Waals surface area contributed by atoms with E-state index in [1.165, 1.54) is 136 Å². The number of para-hydroxylation sites is 1. The molecule has 0 saturated carbocycles. The van der Waals surface area contributed by atoms with Crippen molar-refractivity contribution in [3.63, 3.8) is 0 Å². The minimum Gasteiger partial charge on any atom is -0.456 e. The number of furan rings is 1. The quantitative estimate of drug-likeness (QED) is 0.174. The largest absolute Gasteiger partial charge is 0.456 e. The van der Waals surface area contributed by atoms with Crippen molar-refractivity contribution >= 4 is 68.6 Å². The molecule has 0 saturated heterocycles. The number of anilines is 5. The summed E-state index contributed by atoms with van der Waals surface area (Å²) in [6.45, 7) is 36.4. The van der Waals surface area contributed by atoms with Crippen molar-refractivity contribution < 1.29 is 4.42 Å². The molecule has 1 aromatic heterocycles. The number of aryl methyl sites for hydroxylation is 3. The molecule has 0 bridgehead atoms. The van der Waals surface area contributed by atoms with Crippen molar-refractivity contribution in [2.24, 2.45) is 0 Å². The second kappa shape index (κ2) is 16.0. The molecular formula is C69H77BN2O. The SMILES string of the molecule is Cc1cc2c(cc1N1c3cc4oc5ccccc5c4cc3Bc3c(-c4cc5c(cc4Nc4ccc6c(c4)C(C)(C)CCC6(C)C)C(C)(C)CCC5(C)C)cc(-c4c(C)cccc4C)cc31)C(C)(C)CCC2(C)C. The molecular weight excluding hydrogens is 884 g/mol. The number of fused-ring (bicyclic) bond motifs is 8. The first-order valence-electron chi connectivity index (χ1n) is 27.6. The minimum atomic E-state index is 0.0112. The lowest BCUT2D eigenvalue weighted by molar-refractivity contribution is 0.332. The fourth-order valence-corrected chi connectivity index (χ4v) is 14.1. The Hall–Kier alpha value is -6.00. The summed E-state index contributed by atoms with van der Waals surface area (Å²) in [5.41, 5.74) is 28.8. The van der Waals surface area contributed by atoms with Gasteiger partial charge in [0.15, 0.2) is 7.28 Å². The van der Waals surface area contributed by atoms with Gasteiger partial charge in [0, 0.05) is 50.8 Å². The highest BCUT2D eigenvalue weighted by Gasteiger charge is 2.42. The van der Waals surface area contributed by atoms with Gasteiger partial charge in [-0.05, 0) is 213 Å². The number of hydrogen-bond donors (Lipinski definition) is 1. The normalized spacial score (nSPS) is 19.3. The maximum absolute atomic E-state index is 6.77. The highest BCUT2D eigenvalue weighted by Crippen LogP contribution is 2.54. The van der Waals surface area contributed by atoms with E-state index >= 15 is 0 Å². The molecule has 2 heterocycles. The van der Waals surface area contributed by atoms with E-state index in [9.17, 15) is 0 Å². The standard InChI is InChI=1S/C69H77BN2O/c1-40-19-18-20-41(2)62(40)43-32-48(46-35-52-53(68(12,13)29-28-67(52,10)11)37-56(46)71-44-23-24-49-51(34-44)66(8,9)26-25-64(49,4)5)63-59(33-43)72(57-38-54-50(31-42(57)3)65(6,7)27-30-69(54,14)15)58-39-61-47(36-55(58)70-63)45-21-16-17-22-60(45)73-61/h16-24,31-39,70-71H,25-30H2,1-15H3. The van der Waals surface area contributed by atoms with Gasteiger partial charge >= 0.3 is 0 Å². The van der Waals surface area contributed by atoms with Gasteiger partial charge < -0.3 is 14.6 Å². The molecule has 73 heavy (non-hydrogen) atoms. The van der Waals surface area contributed by atoms with Gasteiger partial charge in [0.2, 0.25) is 0 Å². The van der Waals surface area contributed by atoms with E-state index < -0.39 is 0 Å². The Balaban J connectivity index is 1.19. The third kappa shape index (κ3) is 7.57. The second-order valence-corrected chi connectivity index (χ2v) is 27.2. The maximum Gasteiger partial charge on any atom is 0.198 e. The van der Waals surface area contributed by atoms with Crippen LogP contribution in [-0.4, -0.2) is 7.28 Å². The van der Waals surface area contributed by atoms with E-state index in [0.717, 1.165) is 43.4 Å². The van der Waals surface area contributed by atoms with E-state index in [0.29, 0.717) is 0 Å². The zero-order valence-electron chi connectivity index (χ0n) is 46.7. The molecule has 3 aliphatic carbocycles. The Labute approximate surface area is 437 Å². The lowest BCUT2D eigenvalue weighted by Crippen LogP contribution is -2.41. The average molecular weight is 961 g/mol. The average Bonchev–Trinajstić information content (AvgIpc) is 3.70. The summed E-state index contributed by atoms with van der Waals surface area (Å²) in [4.78, 5) is 2.65. The third-order valence-electron chi connectivity index (χ3n) is 19.2. The van der Waals surface area contributed by atoms with Crippen LogP contribution in [-0.2, 0) is 32.5 Å². The van der Waals surface area contributed by atoms with Gasteiger partial charge in [-0.3, -0.25) is 0 Å². The third-order valence-corrected chi connectivity index (χ3v) is 19.2. The van der Waals surface area contributed by atoms with Crippen LogP contribution in [0, 0.1) is 20.8 Å². The summed E-state index contributed by atoms with van der Waals surface area (Å²) >= 11 is 0. The second-order valence-electron chi connectivity index (χ2n) is 27.2. The monoisotopic (exact) mass is 961 g/mol. The highest BCUT2D eigenvalue weighted by molar-refractivity contribution is 6.73. The Kier molecular flexibility index (Phi) is 10.5. The van der Waals surface area contributed by atoms with Crippen molar-refractivity contribution in [1.82, 2.24) is 0 Å². The molecule has 12 rings (SSSR count). The van der Waals surface area contributed by atoms with Crippen LogP contribution >= 0.6 is 0 Å². The number of rotatable bonds is 5. The Morgan fingerprint density at radius 2 is 1.00 bits per heavy atom. The lowest BCUT2D eigenvalue weighted by Gasteiger charge is -2.44. The number of nitrogens with zero attached hydrogens (tertiary/aromatic N) is 1. The predicted octanol–water partition coefficient (Wildman–Crippen LogP) is 17.8. The van der Waals surface area contributed by atoms with Crippen LogP contribution < -0.4 is 21.1 Å². The van der Waals surface area contributed by atoms with E-state index in [1.807, 2.05) is 0 Å². The molecule has 7 aromatic carbocycles. The van der Waals surface area contributed by atoms with Gasteiger partial charge in [-0.25, -0.2) is 0 Å². The number of nitrogens with one attached hydrogen (secondary N) is 1. The summed E-state index contributed by atoms with van der Waals surface area (Å²) < 4.78 is 6.77. The van der Waals surface area contributed by atoms with Crippen molar-refractivity contribution in [3.05, 3.63) is 159 Å². The molecule has 0 unspecified atom stereocenters. The Morgan fingerprint density at radius 3 is 1.64 bits per heavy atom. The summed E-state index contributed by atoms with van der Waals surface area (Å²) in [6, 6.07) is 42.9. The van der Waals surface area contributed by atoms with Crippen LogP contribution in [0.25, 0.3) is 44.2 Å². The topological polar surface area (TPSA) is 28.4 Å². The van der Waals surface area contributed by atoms with E-state index in [2.05, 4.69) is 223 Å². The van der Waals surface area contributed by atoms with Crippen molar-refractivity contribution in [3.8, 4) is 22.3 Å². The summed E-state index contributed by atoms with van der Waals surface area (Å²) in [5.74, 6) is 0. The molecule has 0 fully saturated rings. The molecule has 3 nitrogen and oxygen atoms in total. The molecule has 372 valence electrons. The van der Waals surface area contributed by atoms with Gasteiger partial charge in [0.1, 0.15) is 11.2 Å². The van der Waals surface area contributed by atoms with Gasteiger partial charge in [-0.15, -0.1) is 0 Å². The van der Waals surface area contributed by atoms with E-state index in [4.69, 9.17) is 4.42 Å². The molecule has 0 radical (unpaired) electrons.